The summed E-state index contributed by atoms with van der Waals surface area (Å²) in [5, 5.41) is 17.4. The van der Waals surface area contributed by atoms with Gasteiger partial charge in [0.05, 0.1) is 24.3 Å². The van der Waals surface area contributed by atoms with Crippen molar-refractivity contribution in [3.63, 3.8) is 0 Å². The quantitative estimate of drug-likeness (QED) is 0.434. The van der Waals surface area contributed by atoms with Gasteiger partial charge in [-0.2, -0.15) is 5.26 Å². The molecule has 1 atom stereocenters. The van der Waals surface area contributed by atoms with E-state index in [1.54, 1.807) is 7.11 Å². The Kier molecular flexibility index (Phi) is 5.63. The number of benzene rings is 3. The number of allylic oxidation sites excluding steroid dienone is 1. The molecular weight excluding hydrogens is 428 g/mol. The first-order chi connectivity index (χ1) is 16.7. The van der Waals surface area contributed by atoms with E-state index in [9.17, 15) is 5.26 Å². The Labute approximate surface area is 197 Å². The van der Waals surface area contributed by atoms with Gasteiger partial charge in [-0.05, 0) is 28.8 Å². The van der Waals surface area contributed by atoms with Gasteiger partial charge in [0, 0.05) is 0 Å². The lowest BCUT2D eigenvalue weighted by Crippen LogP contribution is -2.21. The molecule has 34 heavy (non-hydrogen) atoms. The minimum atomic E-state index is -0.493. The molecule has 5 rings (SSSR count). The van der Waals surface area contributed by atoms with E-state index in [1.807, 2.05) is 78.9 Å². The van der Waals surface area contributed by atoms with E-state index in [-0.39, 0.29) is 5.88 Å². The Balaban J connectivity index is 1.60. The Morgan fingerprint density at radius 2 is 1.76 bits per heavy atom. The lowest BCUT2D eigenvalue weighted by atomic mass is 9.83. The number of rotatable bonds is 6. The summed E-state index contributed by atoms with van der Waals surface area (Å²) >= 11 is 0. The molecular formula is C27H22N4O3. The predicted octanol–water partition coefficient (Wildman–Crippen LogP) is 4.88. The van der Waals surface area contributed by atoms with Crippen molar-refractivity contribution in [1.29, 1.82) is 5.26 Å². The minimum Gasteiger partial charge on any atom is -0.493 e. The average Bonchev–Trinajstić information content (AvgIpc) is 3.31. The molecule has 168 valence electrons. The van der Waals surface area contributed by atoms with Crippen LogP contribution in [-0.4, -0.2) is 17.3 Å². The third-order valence-corrected chi connectivity index (χ3v) is 5.76. The standard InChI is InChI=1S/C27H22N4O3/c1-32-21-13-12-19(14-22(21)33-16-17-8-4-2-5-9-17)23-20(15-28)26(29)34-27-24(23)25(30-31-27)18-10-6-3-7-11-18/h2-14,23H,16,29H2,1H3,(H,30,31)/t23-/m1/s1. The maximum atomic E-state index is 9.99. The molecule has 1 aliphatic rings. The first-order valence-corrected chi connectivity index (χ1v) is 10.8. The van der Waals surface area contributed by atoms with Gasteiger partial charge >= 0.3 is 0 Å². The van der Waals surface area contributed by atoms with Crippen LogP contribution in [0.4, 0.5) is 0 Å². The van der Waals surface area contributed by atoms with Crippen molar-refractivity contribution < 1.29 is 14.2 Å². The first kappa shape index (κ1) is 21.2. The number of ether oxygens (including phenoxy) is 3. The van der Waals surface area contributed by atoms with Gasteiger partial charge in [0.2, 0.25) is 11.8 Å². The van der Waals surface area contributed by atoms with Gasteiger partial charge in [0.1, 0.15) is 18.2 Å². The zero-order chi connectivity index (χ0) is 23.5. The molecule has 3 N–H and O–H groups in total. The number of nitrogens with two attached hydrogens (primary N) is 1. The maximum Gasteiger partial charge on any atom is 0.244 e. The number of methoxy groups -OCH3 is 1. The summed E-state index contributed by atoms with van der Waals surface area (Å²) in [5.41, 5.74) is 10.7. The van der Waals surface area contributed by atoms with Crippen molar-refractivity contribution in [3.05, 3.63) is 107 Å². The summed E-state index contributed by atoms with van der Waals surface area (Å²) in [6.45, 7) is 0.379. The normalized spacial score (nSPS) is 14.6. The molecule has 0 fully saturated rings. The van der Waals surface area contributed by atoms with Gasteiger partial charge in [-0.3, -0.25) is 5.10 Å². The third kappa shape index (κ3) is 3.82. The number of nitrogens with zero attached hydrogens (tertiary/aromatic N) is 2. The molecule has 1 aromatic heterocycles. The van der Waals surface area contributed by atoms with E-state index in [4.69, 9.17) is 19.9 Å². The minimum absolute atomic E-state index is 0.0358. The molecule has 0 spiro atoms. The van der Waals surface area contributed by atoms with Crippen LogP contribution in [0.25, 0.3) is 11.3 Å². The molecule has 4 aromatic rings. The van der Waals surface area contributed by atoms with E-state index < -0.39 is 5.92 Å². The SMILES string of the molecule is COc1ccc([C@@H]2C(C#N)=C(N)Oc3n[nH]c(-c4ccccc4)c32)cc1OCc1ccccc1. The molecule has 1 aliphatic heterocycles. The summed E-state index contributed by atoms with van der Waals surface area (Å²) in [6, 6.07) is 27.5. The molecule has 7 nitrogen and oxygen atoms in total. The number of hydrogen-bond donors (Lipinski definition) is 2. The van der Waals surface area contributed by atoms with E-state index in [2.05, 4.69) is 16.3 Å². The van der Waals surface area contributed by atoms with E-state index in [0.29, 0.717) is 29.6 Å². The number of nitrogens with one attached hydrogen (secondary N) is 1. The van der Waals surface area contributed by atoms with Crippen molar-refractivity contribution in [2.24, 2.45) is 5.73 Å². The third-order valence-electron chi connectivity index (χ3n) is 5.76. The summed E-state index contributed by atoms with van der Waals surface area (Å²) in [7, 11) is 1.60. The Hall–Kier alpha value is -4.70. The molecule has 0 unspecified atom stereocenters. The predicted molar refractivity (Wildman–Crippen MR) is 127 cm³/mol. The summed E-state index contributed by atoms with van der Waals surface area (Å²) in [5.74, 6) is 1.06. The van der Waals surface area contributed by atoms with Gasteiger partial charge in [-0.15, -0.1) is 5.10 Å². The highest BCUT2D eigenvalue weighted by Crippen LogP contribution is 2.47. The number of nitriles is 1. The summed E-state index contributed by atoms with van der Waals surface area (Å²) in [6.07, 6.45) is 0. The average molecular weight is 450 g/mol. The molecule has 0 radical (unpaired) electrons. The molecule has 0 amide bonds. The van der Waals surface area contributed by atoms with Gasteiger partial charge in [0.25, 0.3) is 0 Å². The highest BCUT2D eigenvalue weighted by Gasteiger charge is 2.36. The van der Waals surface area contributed by atoms with Crippen molar-refractivity contribution in [2.45, 2.75) is 12.5 Å². The largest absolute Gasteiger partial charge is 0.493 e. The molecule has 3 aromatic carbocycles. The Morgan fingerprint density at radius 1 is 1.03 bits per heavy atom. The van der Waals surface area contributed by atoms with Crippen LogP contribution in [0.3, 0.4) is 0 Å². The smallest absolute Gasteiger partial charge is 0.244 e. The van der Waals surface area contributed by atoms with Crippen LogP contribution in [-0.2, 0) is 6.61 Å². The zero-order valence-electron chi connectivity index (χ0n) is 18.5. The van der Waals surface area contributed by atoms with E-state index in [0.717, 1.165) is 27.9 Å². The van der Waals surface area contributed by atoms with Gasteiger partial charge in [0.15, 0.2) is 11.5 Å². The fourth-order valence-corrected chi connectivity index (χ4v) is 4.12. The van der Waals surface area contributed by atoms with Crippen molar-refractivity contribution in [2.75, 3.05) is 7.11 Å². The van der Waals surface area contributed by atoms with Crippen LogP contribution >= 0.6 is 0 Å². The number of H-pyrrole nitrogens is 1. The fourth-order valence-electron chi connectivity index (χ4n) is 4.12. The molecule has 0 bridgehead atoms. The van der Waals surface area contributed by atoms with Crippen LogP contribution in [0, 0.1) is 11.3 Å². The maximum absolute atomic E-state index is 9.99. The first-order valence-electron chi connectivity index (χ1n) is 10.8. The molecule has 0 aliphatic carbocycles. The zero-order valence-corrected chi connectivity index (χ0v) is 18.5. The topological polar surface area (TPSA) is 106 Å². The Bertz CT molecular complexity index is 1390. The van der Waals surface area contributed by atoms with E-state index >= 15 is 0 Å². The number of hydrogen-bond acceptors (Lipinski definition) is 6. The second-order valence-electron chi connectivity index (χ2n) is 7.79. The number of aromatic nitrogens is 2. The van der Waals surface area contributed by atoms with Gasteiger partial charge in [-0.25, -0.2) is 0 Å². The molecule has 0 saturated heterocycles. The van der Waals surface area contributed by atoms with Gasteiger partial charge in [-0.1, -0.05) is 66.7 Å². The molecule has 2 heterocycles. The second-order valence-corrected chi connectivity index (χ2v) is 7.79. The lowest BCUT2D eigenvalue weighted by molar-refractivity contribution is 0.284. The highest BCUT2D eigenvalue weighted by molar-refractivity contribution is 5.71. The van der Waals surface area contributed by atoms with Crippen LogP contribution in [0.1, 0.15) is 22.6 Å². The van der Waals surface area contributed by atoms with Crippen LogP contribution in [0.15, 0.2) is 90.3 Å². The van der Waals surface area contributed by atoms with Crippen molar-refractivity contribution in [3.8, 4) is 34.7 Å². The van der Waals surface area contributed by atoms with E-state index in [1.165, 1.54) is 0 Å². The van der Waals surface area contributed by atoms with Crippen LogP contribution < -0.4 is 19.9 Å². The Morgan fingerprint density at radius 3 is 2.47 bits per heavy atom. The summed E-state index contributed by atoms with van der Waals surface area (Å²) < 4.78 is 17.3. The van der Waals surface area contributed by atoms with Crippen LogP contribution in [0.5, 0.6) is 17.4 Å². The lowest BCUT2D eigenvalue weighted by Gasteiger charge is -2.25. The summed E-state index contributed by atoms with van der Waals surface area (Å²) in [4.78, 5) is 0. The van der Waals surface area contributed by atoms with Crippen LogP contribution in [0.2, 0.25) is 0 Å². The fraction of sp³-hybridized carbons (Fsp3) is 0.111. The van der Waals surface area contributed by atoms with Gasteiger partial charge < -0.3 is 19.9 Å². The second kappa shape index (κ2) is 9.04. The van der Waals surface area contributed by atoms with Crippen molar-refractivity contribution >= 4 is 0 Å². The molecule has 0 saturated carbocycles. The number of fused-ring (bicyclic) bond motifs is 1. The number of aromatic amines is 1. The highest BCUT2D eigenvalue weighted by atomic mass is 16.5. The molecule has 7 heteroatoms. The van der Waals surface area contributed by atoms with Crippen molar-refractivity contribution in [1.82, 2.24) is 10.2 Å². The monoisotopic (exact) mass is 450 g/mol.